The first-order valence-electron chi connectivity index (χ1n) is 8.53. The molecule has 1 rings (SSSR count). The van der Waals surface area contributed by atoms with Gasteiger partial charge in [0.15, 0.2) is 6.61 Å². The van der Waals surface area contributed by atoms with Crippen molar-refractivity contribution in [3.63, 3.8) is 0 Å². The highest BCUT2D eigenvalue weighted by molar-refractivity contribution is 5.84. The quantitative estimate of drug-likeness (QED) is 0.700. The van der Waals surface area contributed by atoms with E-state index in [4.69, 9.17) is 4.74 Å². The van der Waals surface area contributed by atoms with E-state index in [2.05, 4.69) is 5.32 Å². The molecule has 1 aromatic carbocycles. The van der Waals surface area contributed by atoms with Crippen LogP contribution < -0.4 is 10.1 Å². The van der Waals surface area contributed by atoms with Gasteiger partial charge in [0.2, 0.25) is 5.91 Å². The molecule has 0 aliphatic heterocycles. The van der Waals surface area contributed by atoms with E-state index in [0.29, 0.717) is 12.2 Å². The van der Waals surface area contributed by atoms with E-state index in [9.17, 15) is 19.5 Å². The zero-order valence-corrected chi connectivity index (χ0v) is 16.0. The summed E-state index contributed by atoms with van der Waals surface area (Å²) in [7, 11) is 3.30. The molecule has 0 radical (unpaired) electrons. The molecule has 1 atom stereocenters. The Morgan fingerprint density at radius 2 is 1.85 bits per heavy atom. The van der Waals surface area contributed by atoms with Crippen molar-refractivity contribution in [2.75, 3.05) is 20.7 Å². The monoisotopic (exact) mass is 364 g/mol. The molecule has 1 unspecified atom stereocenters. The second kappa shape index (κ2) is 9.22. The van der Waals surface area contributed by atoms with Gasteiger partial charge in [-0.25, -0.2) is 0 Å². The summed E-state index contributed by atoms with van der Waals surface area (Å²) in [4.78, 5) is 36.7. The number of nitrogens with zero attached hydrogens (tertiary/aromatic N) is 1. The van der Waals surface area contributed by atoms with Gasteiger partial charge in [-0.05, 0) is 26.3 Å². The van der Waals surface area contributed by atoms with Gasteiger partial charge in [0.1, 0.15) is 5.75 Å². The number of ether oxygens (including phenoxy) is 1. The second-order valence-corrected chi connectivity index (χ2v) is 7.01. The zero-order valence-electron chi connectivity index (χ0n) is 16.0. The van der Waals surface area contributed by atoms with Crippen molar-refractivity contribution in [3.8, 4) is 5.75 Å². The Labute approximate surface area is 154 Å². The minimum atomic E-state index is -1.14. The fourth-order valence-corrected chi connectivity index (χ4v) is 2.29. The fraction of sp³-hybridized carbons (Fsp3) is 0.526. The number of carboxylic acids is 1. The van der Waals surface area contributed by atoms with E-state index >= 15 is 0 Å². The van der Waals surface area contributed by atoms with Crippen LogP contribution in [0.1, 0.15) is 45.2 Å². The van der Waals surface area contributed by atoms with Crippen molar-refractivity contribution in [1.82, 2.24) is 10.2 Å². The Kier molecular flexibility index (Phi) is 7.61. The third-order valence-corrected chi connectivity index (χ3v) is 4.07. The third kappa shape index (κ3) is 6.06. The topological polar surface area (TPSA) is 95.9 Å². The Balaban J connectivity index is 2.88. The molecule has 0 saturated carbocycles. The van der Waals surface area contributed by atoms with Crippen LogP contribution >= 0.6 is 0 Å². The molecular weight excluding hydrogens is 336 g/mol. The molecule has 2 N–H and O–H groups in total. The van der Waals surface area contributed by atoms with Gasteiger partial charge >= 0.3 is 5.97 Å². The lowest BCUT2D eigenvalue weighted by Crippen LogP contribution is -2.35. The summed E-state index contributed by atoms with van der Waals surface area (Å²) in [5.41, 5.74) is -0.390. The summed E-state index contributed by atoms with van der Waals surface area (Å²) in [6, 6.07) is 6.85. The highest BCUT2D eigenvalue weighted by Crippen LogP contribution is 2.28. The summed E-state index contributed by atoms with van der Waals surface area (Å²) in [5, 5.41) is 12.0. The summed E-state index contributed by atoms with van der Waals surface area (Å²) in [6.45, 7) is 4.84. The average molecular weight is 364 g/mol. The molecule has 144 valence electrons. The highest BCUT2D eigenvalue weighted by Gasteiger charge is 2.31. The molecule has 7 nitrogen and oxygen atoms in total. The Morgan fingerprint density at radius 3 is 2.38 bits per heavy atom. The maximum atomic E-state index is 12.3. The molecular formula is C19H28N2O5. The predicted octanol–water partition coefficient (Wildman–Crippen LogP) is 2.22. The lowest BCUT2D eigenvalue weighted by Gasteiger charge is -2.24. The van der Waals surface area contributed by atoms with Crippen LogP contribution in [0, 0.1) is 5.41 Å². The van der Waals surface area contributed by atoms with Gasteiger partial charge < -0.3 is 20.1 Å². The molecule has 2 amide bonds. The molecule has 0 aliphatic carbocycles. The predicted molar refractivity (Wildman–Crippen MR) is 97.8 cm³/mol. The molecule has 0 fully saturated rings. The largest absolute Gasteiger partial charge is 0.483 e. The minimum absolute atomic E-state index is 0.0968. The second-order valence-electron chi connectivity index (χ2n) is 7.01. The minimum Gasteiger partial charge on any atom is -0.483 e. The number of benzene rings is 1. The number of nitrogens with one attached hydrogen (secondary N) is 1. The van der Waals surface area contributed by atoms with Gasteiger partial charge in [-0.15, -0.1) is 0 Å². The maximum Gasteiger partial charge on any atom is 0.309 e. The van der Waals surface area contributed by atoms with Crippen LogP contribution in [0.2, 0.25) is 0 Å². The molecule has 0 aromatic heterocycles. The first kappa shape index (κ1) is 21.5. The number of likely N-dealkylation sites (N-methyl/N-ethyl adjacent to an activating group) is 1. The van der Waals surface area contributed by atoms with Gasteiger partial charge in [0.05, 0.1) is 11.5 Å². The van der Waals surface area contributed by atoms with Crippen LogP contribution in [0.5, 0.6) is 5.75 Å². The first-order valence-corrected chi connectivity index (χ1v) is 8.53. The van der Waals surface area contributed by atoms with Gasteiger partial charge in [-0.2, -0.15) is 0 Å². The molecule has 0 aliphatic rings. The molecule has 7 heteroatoms. The number of rotatable bonds is 9. The zero-order chi connectivity index (χ0) is 19.9. The lowest BCUT2D eigenvalue weighted by molar-refractivity contribution is -0.149. The number of carbonyl (C=O) groups is 3. The summed E-state index contributed by atoms with van der Waals surface area (Å²) in [6.07, 6.45) is 0.474. The third-order valence-electron chi connectivity index (χ3n) is 4.07. The van der Waals surface area contributed by atoms with Gasteiger partial charge in [0, 0.05) is 26.1 Å². The van der Waals surface area contributed by atoms with Crippen LogP contribution in [0.25, 0.3) is 0 Å². The van der Waals surface area contributed by atoms with Crippen LogP contribution in [-0.2, 0) is 14.4 Å². The van der Waals surface area contributed by atoms with Crippen molar-refractivity contribution >= 4 is 17.8 Å². The van der Waals surface area contributed by atoms with Gasteiger partial charge in [-0.1, -0.05) is 25.1 Å². The SMILES string of the molecule is CCC(NC(=O)CC(C)(C)C(=O)O)c1ccccc1OCC(=O)N(C)C. The number of aliphatic carboxylic acids is 1. The van der Waals surface area contributed by atoms with Crippen molar-refractivity contribution in [2.24, 2.45) is 5.41 Å². The van der Waals surface area contributed by atoms with Gasteiger partial charge in [-0.3, -0.25) is 14.4 Å². The molecule has 0 saturated heterocycles. The number of para-hydroxylation sites is 1. The number of amides is 2. The Morgan fingerprint density at radius 1 is 1.23 bits per heavy atom. The standard InChI is InChI=1S/C19H28N2O5/c1-6-14(20-16(22)11-19(2,3)18(24)25)13-9-7-8-10-15(13)26-12-17(23)21(4)5/h7-10,14H,6,11-12H2,1-5H3,(H,20,22)(H,24,25). The van der Waals surface area contributed by atoms with E-state index in [1.54, 1.807) is 26.2 Å². The van der Waals surface area contributed by atoms with E-state index < -0.39 is 11.4 Å². The van der Waals surface area contributed by atoms with E-state index in [1.165, 1.54) is 18.7 Å². The summed E-state index contributed by atoms with van der Waals surface area (Å²) in [5.74, 6) is -1.01. The van der Waals surface area contributed by atoms with E-state index in [0.717, 1.165) is 5.56 Å². The molecule has 26 heavy (non-hydrogen) atoms. The fourth-order valence-electron chi connectivity index (χ4n) is 2.29. The lowest BCUT2D eigenvalue weighted by atomic mass is 9.89. The average Bonchev–Trinajstić information content (AvgIpc) is 2.57. The number of carboxylic acid groups (broad SMARTS) is 1. The van der Waals surface area contributed by atoms with Crippen molar-refractivity contribution in [2.45, 2.75) is 39.7 Å². The van der Waals surface area contributed by atoms with Crippen LogP contribution in [-0.4, -0.2) is 48.5 Å². The van der Waals surface area contributed by atoms with Crippen LogP contribution in [0.4, 0.5) is 0 Å². The molecule has 0 heterocycles. The van der Waals surface area contributed by atoms with Crippen molar-refractivity contribution in [3.05, 3.63) is 29.8 Å². The van der Waals surface area contributed by atoms with Crippen LogP contribution in [0.3, 0.4) is 0 Å². The highest BCUT2D eigenvalue weighted by atomic mass is 16.5. The van der Waals surface area contributed by atoms with Gasteiger partial charge in [0.25, 0.3) is 5.91 Å². The Bertz CT molecular complexity index is 655. The molecule has 1 aromatic rings. The number of hydrogen-bond acceptors (Lipinski definition) is 4. The molecule has 0 bridgehead atoms. The molecule has 0 spiro atoms. The van der Waals surface area contributed by atoms with Crippen molar-refractivity contribution in [1.29, 1.82) is 0 Å². The summed E-state index contributed by atoms with van der Waals surface area (Å²) < 4.78 is 5.63. The normalized spacial score (nSPS) is 12.2. The summed E-state index contributed by atoms with van der Waals surface area (Å²) >= 11 is 0. The maximum absolute atomic E-state index is 12.3. The van der Waals surface area contributed by atoms with E-state index in [-0.39, 0.29) is 30.9 Å². The smallest absolute Gasteiger partial charge is 0.309 e. The first-order chi connectivity index (χ1) is 12.1. The number of hydrogen-bond donors (Lipinski definition) is 2. The Hall–Kier alpha value is -2.57. The van der Waals surface area contributed by atoms with E-state index in [1.807, 2.05) is 19.1 Å². The number of carbonyl (C=O) groups excluding carboxylic acids is 2. The van der Waals surface area contributed by atoms with Crippen molar-refractivity contribution < 1.29 is 24.2 Å². The van der Waals surface area contributed by atoms with Crippen LogP contribution in [0.15, 0.2) is 24.3 Å².